The molecule has 0 aliphatic carbocycles. The summed E-state index contributed by atoms with van der Waals surface area (Å²) >= 11 is 0. The van der Waals surface area contributed by atoms with Gasteiger partial charge in [0.1, 0.15) is 0 Å². The Morgan fingerprint density at radius 3 is 3.09 bits per heavy atom. The maximum Gasteiger partial charge on any atom is 0.407 e. The molecule has 1 aliphatic rings. The lowest BCUT2D eigenvalue weighted by atomic mass is 10.1. The summed E-state index contributed by atoms with van der Waals surface area (Å²) in [6, 6.07) is 10.4. The number of amides is 1. The van der Waals surface area contributed by atoms with Crippen LogP contribution in [0.4, 0.5) is 4.79 Å². The molecule has 1 atom stereocenters. The highest BCUT2D eigenvalue weighted by Gasteiger charge is 2.27. The van der Waals surface area contributed by atoms with Gasteiger partial charge in [-0.3, -0.25) is 0 Å². The third kappa shape index (κ3) is 2.91. The Bertz CT molecular complexity index is 729. The Kier molecular flexibility index (Phi) is 4.01. The molecule has 1 aliphatic heterocycles. The van der Waals surface area contributed by atoms with Crippen LogP contribution in [0.2, 0.25) is 0 Å². The highest BCUT2D eigenvalue weighted by molar-refractivity contribution is 5.81. The smallest absolute Gasteiger partial charge is 0.407 e. The predicted molar refractivity (Wildman–Crippen MR) is 83.7 cm³/mol. The summed E-state index contributed by atoms with van der Waals surface area (Å²) in [6.07, 6.45) is 3.23. The number of hydrogen-bond donors (Lipinski definition) is 2. The van der Waals surface area contributed by atoms with E-state index >= 15 is 0 Å². The minimum absolute atomic E-state index is 0.137. The summed E-state index contributed by atoms with van der Waals surface area (Å²) in [4.78, 5) is 16.1. The second kappa shape index (κ2) is 6.10. The predicted octanol–water partition coefficient (Wildman–Crippen LogP) is 3.31. The zero-order valence-corrected chi connectivity index (χ0v) is 12.4. The summed E-state index contributed by atoms with van der Waals surface area (Å²) in [5.41, 5.74) is 3.22. The molecule has 5 heteroatoms. The number of nitrogens with zero attached hydrogens (tertiary/aromatic N) is 2. The zero-order valence-electron chi connectivity index (χ0n) is 12.4. The van der Waals surface area contributed by atoms with Gasteiger partial charge in [0, 0.05) is 23.8 Å². The number of carbonyl (C=O) groups is 1. The van der Waals surface area contributed by atoms with E-state index < -0.39 is 6.09 Å². The minimum Gasteiger partial charge on any atom is -0.465 e. The van der Waals surface area contributed by atoms with E-state index in [1.807, 2.05) is 18.2 Å². The molecule has 22 heavy (non-hydrogen) atoms. The van der Waals surface area contributed by atoms with Crippen LogP contribution >= 0.6 is 0 Å². The van der Waals surface area contributed by atoms with E-state index in [0.29, 0.717) is 13.0 Å². The lowest BCUT2D eigenvalue weighted by Crippen LogP contribution is -2.34. The van der Waals surface area contributed by atoms with Gasteiger partial charge in [0.25, 0.3) is 0 Å². The molecular weight excluding hydrogens is 278 g/mol. The van der Waals surface area contributed by atoms with Gasteiger partial charge in [0.05, 0.1) is 12.5 Å². The van der Waals surface area contributed by atoms with Crippen molar-refractivity contribution in [1.82, 2.24) is 9.88 Å². The summed E-state index contributed by atoms with van der Waals surface area (Å²) in [6.45, 7) is 0.657. The van der Waals surface area contributed by atoms with Crippen LogP contribution in [0.15, 0.2) is 24.3 Å². The lowest BCUT2D eigenvalue weighted by molar-refractivity contribution is 0.138. The third-order valence-electron chi connectivity index (χ3n) is 4.39. The van der Waals surface area contributed by atoms with Crippen LogP contribution in [0.5, 0.6) is 0 Å². The van der Waals surface area contributed by atoms with Gasteiger partial charge in [-0.25, -0.2) is 4.79 Å². The molecule has 114 valence electrons. The highest BCUT2D eigenvalue weighted by Crippen LogP contribution is 2.23. The molecular formula is C17H19N3O2. The highest BCUT2D eigenvalue weighted by atomic mass is 16.4. The van der Waals surface area contributed by atoms with E-state index in [-0.39, 0.29) is 6.04 Å². The Morgan fingerprint density at radius 2 is 2.32 bits per heavy atom. The van der Waals surface area contributed by atoms with Crippen LogP contribution in [-0.2, 0) is 12.8 Å². The van der Waals surface area contributed by atoms with E-state index in [4.69, 9.17) is 10.4 Å². The molecule has 0 bridgehead atoms. The fourth-order valence-corrected chi connectivity index (χ4v) is 3.29. The molecule has 0 saturated carbocycles. The number of nitrogens with one attached hydrogen (secondary N) is 1. The summed E-state index contributed by atoms with van der Waals surface area (Å²) in [7, 11) is 0. The number of aromatic amines is 1. The van der Waals surface area contributed by atoms with Crippen molar-refractivity contribution in [3.05, 3.63) is 35.5 Å². The van der Waals surface area contributed by atoms with Gasteiger partial charge in [0.15, 0.2) is 0 Å². The molecule has 2 aromatic rings. The Labute approximate surface area is 129 Å². The first-order valence-electron chi connectivity index (χ1n) is 7.64. The van der Waals surface area contributed by atoms with Crippen LogP contribution in [0, 0.1) is 11.3 Å². The van der Waals surface area contributed by atoms with Gasteiger partial charge in [-0.05, 0) is 54.8 Å². The second-order valence-electron chi connectivity index (χ2n) is 5.86. The number of fused-ring (bicyclic) bond motifs is 1. The molecule has 0 unspecified atom stereocenters. The average molecular weight is 297 g/mol. The van der Waals surface area contributed by atoms with Crippen molar-refractivity contribution in [3.63, 3.8) is 0 Å². The van der Waals surface area contributed by atoms with Crippen molar-refractivity contribution < 1.29 is 9.90 Å². The van der Waals surface area contributed by atoms with Gasteiger partial charge in [0.2, 0.25) is 0 Å². The summed E-state index contributed by atoms with van der Waals surface area (Å²) < 4.78 is 0. The molecule has 2 heterocycles. The number of hydrogen-bond acceptors (Lipinski definition) is 2. The van der Waals surface area contributed by atoms with Crippen LogP contribution < -0.4 is 0 Å². The molecule has 0 radical (unpaired) electrons. The summed E-state index contributed by atoms with van der Waals surface area (Å²) in [5, 5.41) is 19.0. The average Bonchev–Trinajstić information content (AvgIpc) is 3.11. The first-order valence-corrected chi connectivity index (χ1v) is 7.64. The van der Waals surface area contributed by atoms with Crippen LogP contribution in [0.1, 0.15) is 30.5 Å². The van der Waals surface area contributed by atoms with Crippen LogP contribution in [0.25, 0.3) is 10.9 Å². The molecule has 0 spiro atoms. The molecule has 1 aromatic carbocycles. The maximum atomic E-state index is 11.2. The number of benzene rings is 1. The quantitative estimate of drug-likeness (QED) is 0.908. The number of nitriles is 1. The van der Waals surface area contributed by atoms with E-state index in [2.05, 4.69) is 17.1 Å². The van der Waals surface area contributed by atoms with Crippen molar-refractivity contribution in [2.75, 3.05) is 6.54 Å². The number of aryl methyl sites for hydroxylation is 1. The topological polar surface area (TPSA) is 80.1 Å². The zero-order chi connectivity index (χ0) is 15.5. The third-order valence-corrected chi connectivity index (χ3v) is 4.39. The van der Waals surface area contributed by atoms with Gasteiger partial charge >= 0.3 is 6.09 Å². The normalized spacial score (nSPS) is 17.8. The Morgan fingerprint density at radius 1 is 1.45 bits per heavy atom. The van der Waals surface area contributed by atoms with Gasteiger partial charge in [-0.2, -0.15) is 5.26 Å². The second-order valence-corrected chi connectivity index (χ2v) is 5.86. The number of H-pyrrole nitrogens is 1. The van der Waals surface area contributed by atoms with Crippen molar-refractivity contribution >= 4 is 17.0 Å². The number of carboxylic acid groups (broad SMARTS) is 1. The molecule has 1 saturated heterocycles. The van der Waals surface area contributed by atoms with E-state index in [0.717, 1.165) is 47.8 Å². The molecule has 1 amide bonds. The number of likely N-dealkylation sites (tertiary alicyclic amines) is 1. The summed E-state index contributed by atoms with van der Waals surface area (Å²) in [5.74, 6) is 0. The largest absolute Gasteiger partial charge is 0.465 e. The van der Waals surface area contributed by atoms with Gasteiger partial charge in [-0.1, -0.05) is 6.07 Å². The van der Waals surface area contributed by atoms with E-state index in [1.54, 1.807) is 4.90 Å². The van der Waals surface area contributed by atoms with Crippen LogP contribution in [0.3, 0.4) is 0 Å². The van der Waals surface area contributed by atoms with E-state index in [1.165, 1.54) is 0 Å². The first kappa shape index (κ1) is 14.5. The lowest BCUT2D eigenvalue weighted by Gasteiger charge is -2.20. The Balaban J connectivity index is 1.69. The molecule has 3 rings (SSSR count). The van der Waals surface area contributed by atoms with Crippen molar-refractivity contribution in [2.45, 2.75) is 38.1 Å². The monoisotopic (exact) mass is 297 g/mol. The van der Waals surface area contributed by atoms with E-state index in [9.17, 15) is 4.79 Å². The van der Waals surface area contributed by atoms with Crippen molar-refractivity contribution in [2.24, 2.45) is 0 Å². The minimum atomic E-state index is -0.805. The number of rotatable bonds is 4. The Hall–Kier alpha value is -2.48. The van der Waals surface area contributed by atoms with Gasteiger partial charge in [-0.15, -0.1) is 0 Å². The first-order chi connectivity index (χ1) is 10.7. The SMILES string of the molecule is N#CCc1ccc2[nH]c(CC[C@@H]3CCCN3C(=O)O)cc2c1. The fourth-order valence-electron chi connectivity index (χ4n) is 3.29. The maximum absolute atomic E-state index is 11.2. The molecule has 2 N–H and O–H groups in total. The van der Waals surface area contributed by atoms with Crippen molar-refractivity contribution in [1.29, 1.82) is 5.26 Å². The van der Waals surface area contributed by atoms with Crippen molar-refractivity contribution in [3.8, 4) is 6.07 Å². The molecule has 1 fully saturated rings. The number of aromatic nitrogens is 1. The van der Waals surface area contributed by atoms with Crippen LogP contribution in [-0.4, -0.2) is 33.7 Å². The molecule has 1 aromatic heterocycles. The fraction of sp³-hybridized carbons (Fsp3) is 0.412. The van der Waals surface area contributed by atoms with Gasteiger partial charge < -0.3 is 15.0 Å². The molecule has 5 nitrogen and oxygen atoms in total. The standard InChI is InChI=1S/C17H19N3O2/c18-8-7-12-3-6-16-13(10-12)11-14(19-16)4-5-15-2-1-9-20(15)17(21)22/h3,6,10-11,15,19H,1-2,4-5,7,9H2,(H,21,22)/t15-/m0/s1.